The summed E-state index contributed by atoms with van der Waals surface area (Å²) < 4.78 is 5.14. The summed E-state index contributed by atoms with van der Waals surface area (Å²) in [4.78, 5) is 2.02. The first-order chi connectivity index (χ1) is 4.22. The third kappa shape index (κ3) is 3.14. The Kier molecular flexibility index (Phi) is 4.14. The quantitative estimate of drug-likeness (QED) is 0.420. The molecule has 0 heterocycles. The van der Waals surface area contributed by atoms with Gasteiger partial charge >= 0.3 is 0 Å². The molecule has 54 valence electrons. The van der Waals surface area contributed by atoms with Gasteiger partial charge in [0.25, 0.3) is 0 Å². The van der Waals surface area contributed by atoms with E-state index < -0.39 is 0 Å². The van der Waals surface area contributed by atoms with Crippen LogP contribution < -0.4 is 0 Å². The first kappa shape index (κ1) is 8.50. The van der Waals surface area contributed by atoms with Gasteiger partial charge in [-0.05, 0) is 20.5 Å². The Labute approximate surface area is 57.1 Å². The van der Waals surface area contributed by atoms with E-state index in [1.807, 2.05) is 19.0 Å². The Morgan fingerprint density at radius 2 is 2.22 bits per heavy atom. The second-order valence-electron chi connectivity index (χ2n) is 2.13. The minimum Gasteiger partial charge on any atom is -0.483 e. The van der Waals surface area contributed by atoms with Gasteiger partial charge < -0.3 is 4.74 Å². The lowest BCUT2D eigenvalue weighted by atomic mass is 10.4. The highest BCUT2D eigenvalue weighted by atomic mass is 16.5. The molecule has 0 bridgehead atoms. The highest BCUT2D eigenvalue weighted by Gasteiger charge is 2.05. The fraction of sp³-hybridized carbons (Fsp3) is 0.714. The van der Waals surface area contributed by atoms with E-state index in [-0.39, 0.29) is 6.23 Å². The van der Waals surface area contributed by atoms with Crippen LogP contribution in [-0.4, -0.2) is 25.2 Å². The van der Waals surface area contributed by atoms with E-state index in [1.54, 1.807) is 0 Å². The van der Waals surface area contributed by atoms with Gasteiger partial charge in [0.1, 0.15) is 0 Å². The van der Waals surface area contributed by atoms with Crippen molar-refractivity contribution in [1.29, 1.82) is 0 Å². The molecule has 0 N–H and O–H groups in total. The summed E-state index contributed by atoms with van der Waals surface area (Å²) in [5.41, 5.74) is 0. The van der Waals surface area contributed by atoms with Crippen LogP contribution in [0.15, 0.2) is 12.8 Å². The molecule has 0 aromatic rings. The van der Waals surface area contributed by atoms with E-state index in [2.05, 4.69) is 13.5 Å². The SMILES string of the molecule is C=COC(CC)N(C)C. The largest absolute Gasteiger partial charge is 0.483 e. The van der Waals surface area contributed by atoms with Gasteiger partial charge in [0.2, 0.25) is 0 Å². The average molecular weight is 129 g/mol. The van der Waals surface area contributed by atoms with E-state index in [9.17, 15) is 0 Å². The van der Waals surface area contributed by atoms with Crippen molar-refractivity contribution < 1.29 is 4.74 Å². The molecule has 2 nitrogen and oxygen atoms in total. The summed E-state index contributed by atoms with van der Waals surface area (Å²) in [5.74, 6) is 0. The van der Waals surface area contributed by atoms with Crippen LogP contribution in [0.2, 0.25) is 0 Å². The van der Waals surface area contributed by atoms with Crippen molar-refractivity contribution in [3.05, 3.63) is 12.8 Å². The van der Waals surface area contributed by atoms with Gasteiger partial charge in [0.05, 0.1) is 6.26 Å². The predicted molar refractivity (Wildman–Crippen MR) is 39.0 cm³/mol. The third-order valence-corrected chi connectivity index (χ3v) is 1.18. The zero-order valence-corrected chi connectivity index (χ0v) is 6.42. The van der Waals surface area contributed by atoms with Crippen LogP contribution in [-0.2, 0) is 4.74 Å². The third-order valence-electron chi connectivity index (χ3n) is 1.18. The van der Waals surface area contributed by atoms with Crippen molar-refractivity contribution in [2.75, 3.05) is 14.1 Å². The van der Waals surface area contributed by atoms with E-state index in [0.29, 0.717) is 0 Å². The highest BCUT2D eigenvalue weighted by molar-refractivity contribution is 4.57. The summed E-state index contributed by atoms with van der Waals surface area (Å²) in [7, 11) is 3.97. The number of hydrogen-bond donors (Lipinski definition) is 0. The van der Waals surface area contributed by atoms with Crippen molar-refractivity contribution in [2.45, 2.75) is 19.6 Å². The fourth-order valence-corrected chi connectivity index (χ4v) is 0.694. The highest BCUT2D eigenvalue weighted by Crippen LogP contribution is 1.99. The maximum absolute atomic E-state index is 5.14. The van der Waals surface area contributed by atoms with Crippen LogP contribution in [0.25, 0.3) is 0 Å². The molecule has 0 saturated heterocycles. The first-order valence-corrected chi connectivity index (χ1v) is 3.15. The summed E-state index contributed by atoms with van der Waals surface area (Å²) >= 11 is 0. The van der Waals surface area contributed by atoms with Gasteiger partial charge in [0.15, 0.2) is 6.23 Å². The predicted octanol–water partition coefficient (Wildman–Crippen LogP) is 1.44. The zero-order valence-electron chi connectivity index (χ0n) is 6.42. The second-order valence-corrected chi connectivity index (χ2v) is 2.13. The molecule has 1 atom stereocenters. The summed E-state index contributed by atoms with van der Waals surface area (Å²) in [6.45, 7) is 5.56. The summed E-state index contributed by atoms with van der Waals surface area (Å²) in [6.07, 6.45) is 2.65. The standard InChI is InChI=1S/C7H15NO/c1-5-7(8(3)4)9-6-2/h6-7H,2,5H2,1,3-4H3. The minimum absolute atomic E-state index is 0.183. The molecule has 0 radical (unpaired) electrons. The molecule has 0 aliphatic rings. The normalized spacial score (nSPS) is 13.3. The van der Waals surface area contributed by atoms with Gasteiger partial charge in [-0.3, -0.25) is 4.90 Å². The Bertz CT molecular complexity index is 81.0. The second kappa shape index (κ2) is 4.39. The lowest BCUT2D eigenvalue weighted by Gasteiger charge is -2.21. The number of hydrogen-bond acceptors (Lipinski definition) is 2. The molecule has 0 fully saturated rings. The molecule has 2 heteroatoms. The summed E-state index contributed by atoms with van der Waals surface area (Å²) in [5, 5.41) is 0. The Morgan fingerprint density at radius 3 is 2.33 bits per heavy atom. The molecular weight excluding hydrogens is 114 g/mol. The first-order valence-electron chi connectivity index (χ1n) is 3.15. The van der Waals surface area contributed by atoms with Crippen LogP contribution in [0.5, 0.6) is 0 Å². The number of ether oxygens (including phenoxy) is 1. The van der Waals surface area contributed by atoms with Crippen LogP contribution in [0.1, 0.15) is 13.3 Å². The minimum atomic E-state index is 0.183. The fourth-order valence-electron chi connectivity index (χ4n) is 0.694. The lowest BCUT2D eigenvalue weighted by molar-refractivity contribution is 0.0223. The van der Waals surface area contributed by atoms with Gasteiger partial charge in [0, 0.05) is 0 Å². The molecular formula is C7H15NO. The molecule has 0 aromatic heterocycles. The Balaban J connectivity index is 3.53. The number of rotatable bonds is 4. The van der Waals surface area contributed by atoms with E-state index in [4.69, 9.17) is 4.74 Å². The topological polar surface area (TPSA) is 12.5 Å². The monoisotopic (exact) mass is 129 g/mol. The average Bonchev–Trinajstić information content (AvgIpc) is 1.82. The molecule has 0 saturated carbocycles. The Morgan fingerprint density at radius 1 is 1.67 bits per heavy atom. The molecule has 0 rings (SSSR count). The van der Waals surface area contributed by atoms with Crippen molar-refractivity contribution in [3.8, 4) is 0 Å². The maximum atomic E-state index is 5.14. The smallest absolute Gasteiger partial charge is 0.150 e. The molecule has 0 spiro atoms. The zero-order chi connectivity index (χ0) is 7.28. The van der Waals surface area contributed by atoms with Gasteiger partial charge in [-0.2, -0.15) is 0 Å². The molecule has 0 aliphatic heterocycles. The van der Waals surface area contributed by atoms with Gasteiger partial charge in [-0.15, -0.1) is 0 Å². The van der Waals surface area contributed by atoms with E-state index >= 15 is 0 Å². The van der Waals surface area contributed by atoms with Crippen molar-refractivity contribution in [1.82, 2.24) is 4.90 Å². The molecule has 1 unspecified atom stereocenters. The Hall–Kier alpha value is -0.500. The van der Waals surface area contributed by atoms with Gasteiger partial charge in [-0.1, -0.05) is 13.5 Å². The molecule has 0 aromatic carbocycles. The summed E-state index contributed by atoms with van der Waals surface area (Å²) in [6, 6.07) is 0. The van der Waals surface area contributed by atoms with Crippen molar-refractivity contribution in [2.24, 2.45) is 0 Å². The van der Waals surface area contributed by atoms with E-state index in [0.717, 1.165) is 6.42 Å². The molecule has 0 amide bonds. The van der Waals surface area contributed by atoms with Crippen LogP contribution in [0.3, 0.4) is 0 Å². The van der Waals surface area contributed by atoms with Gasteiger partial charge in [-0.25, -0.2) is 0 Å². The number of nitrogens with zero attached hydrogens (tertiary/aromatic N) is 1. The van der Waals surface area contributed by atoms with Crippen LogP contribution in [0.4, 0.5) is 0 Å². The van der Waals surface area contributed by atoms with Crippen LogP contribution in [0, 0.1) is 0 Å². The van der Waals surface area contributed by atoms with E-state index in [1.165, 1.54) is 6.26 Å². The molecule has 0 aliphatic carbocycles. The lowest BCUT2D eigenvalue weighted by Crippen LogP contribution is -2.28. The van der Waals surface area contributed by atoms with Crippen molar-refractivity contribution >= 4 is 0 Å². The maximum Gasteiger partial charge on any atom is 0.150 e. The van der Waals surface area contributed by atoms with Crippen LogP contribution >= 0.6 is 0 Å². The van der Waals surface area contributed by atoms with Crippen molar-refractivity contribution in [3.63, 3.8) is 0 Å². The molecule has 9 heavy (non-hydrogen) atoms.